The lowest BCUT2D eigenvalue weighted by atomic mass is 10.2. The number of amides is 2. The number of benzene rings is 1. The van der Waals surface area contributed by atoms with Crippen LogP contribution in [0.4, 0.5) is 11.4 Å². The fourth-order valence-corrected chi connectivity index (χ4v) is 2.10. The predicted octanol–water partition coefficient (Wildman–Crippen LogP) is 3.67. The van der Waals surface area contributed by atoms with Crippen LogP contribution in [0.2, 0.25) is 5.02 Å². The number of halogens is 2. The highest BCUT2D eigenvalue weighted by molar-refractivity contribution is 6.34. The summed E-state index contributed by atoms with van der Waals surface area (Å²) >= 11 is 6.13. The van der Waals surface area contributed by atoms with Crippen LogP contribution in [-0.2, 0) is 4.79 Å². The van der Waals surface area contributed by atoms with E-state index in [1.807, 2.05) is 6.92 Å². The van der Waals surface area contributed by atoms with E-state index in [4.69, 9.17) is 21.8 Å². The SMILES string of the molecule is CC(N)CCC(=O)Nc1ccc(NC(=O)c2ccco2)c(Cl)c1.Cl. The zero-order chi connectivity index (χ0) is 16.8. The van der Waals surface area contributed by atoms with Crippen LogP contribution in [0.3, 0.4) is 0 Å². The van der Waals surface area contributed by atoms with Crippen molar-refractivity contribution in [1.29, 1.82) is 0 Å². The van der Waals surface area contributed by atoms with Crippen molar-refractivity contribution in [2.24, 2.45) is 5.73 Å². The van der Waals surface area contributed by atoms with Crippen molar-refractivity contribution in [3.63, 3.8) is 0 Å². The summed E-state index contributed by atoms with van der Waals surface area (Å²) in [7, 11) is 0. The number of anilines is 2. The number of nitrogens with two attached hydrogens (primary N) is 1. The number of rotatable bonds is 6. The van der Waals surface area contributed by atoms with Gasteiger partial charge in [-0.3, -0.25) is 9.59 Å². The van der Waals surface area contributed by atoms with Gasteiger partial charge in [0.25, 0.3) is 5.91 Å². The Morgan fingerprint density at radius 3 is 2.62 bits per heavy atom. The second-order valence-electron chi connectivity index (χ2n) is 5.19. The van der Waals surface area contributed by atoms with Gasteiger partial charge in [0.05, 0.1) is 17.0 Å². The normalized spacial score (nSPS) is 11.3. The van der Waals surface area contributed by atoms with Crippen LogP contribution in [0.5, 0.6) is 0 Å². The van der Waals surface area contributed by atoms with E-state index in [0.29, 0.717) is 29.2 Å². The van der Waals surface area contributed by atoms with Crippen LogP contribution in [0.1, 0.15) is 30.3 Å². The summed E-state index contributed by atoms with van der Waals surface area (Å²) in [6, 6.07) is 8.00. The average molecular weight is 372 g/mol. The van der Waals surface area contributed by atoms with Crippen LogP contribution in [0.15, 0.2) is 41.0 Å². The highest BCUT2D eigenvalue weighted by Gasteiger charge is 2.12. The molecule has 1 aromatic heterocycles. The molecule has 1 heterocycles. The van der Waals surface area contributed by atoms with Gasteiger partial charge in [-0.15, -0.1) is 12.4 Å². The Kier molecular flexibility index (Phi) is 7.78. The summed E-state index contributed by atoms with van der Waals surface area (Å²) in [6.45, 7) is 1.85. The highest BCUT2D eigenvalue weighted by atomic mass is 35.5. The van der Waals surface area contributed by atoms with Crippen molar-refractivity contribution in [2.45, 2.75) is 25.8 Å². The molecule has 0 radical (unpaired) electrons. The van der Waals surface area contributed by atoms with Gasteiger partial charge in [-0.05, 0) is 43.7 Å². The molecule has 0 aliphatic rings. The lowest BCUT2D eigenvalue weighted by Crippen LogP contribution is -2.19. The third kappa shape index (κ3) is 5.88. The van der Waals surface area contributed by atoms with Crippen molar-refractivity contribution in [1.82, 2.24) is 0 Å². The van der Waals surface area contributed by atoms with Gasteiger partial charge >= 0.3 is 0 Å². The molecule has 8 heteroatoms. The maximum absolute atomic E-state index is 11.9. The molecule has 0 bridgehead atoms. The monoisotopic (exact) mass is 371 g/mol. The summed E-state index contributed by atoms with van der Waals surface area (Å²) in [5, 5.41) is 5.69. The largest absolute Gasteiger partial charge is 0.459 e. The molecule has 1 unspecified atom stereocenters. The minimum Gasteiger partial charge on any atom is -0.459 e. The smallest absolute Gasteiger partial charge is 0.291 e. The van der Waals surface area contributed by atoms with Gasteiger partial charge in [0.1, 0.15) is 0 Å². The number of carbonyl (C=O) groups excluding carboxylic acids is 2. The van der Waals surface area contributed by atoms with E-state index in [2.05, 4.69) is 10.6 Å². The molecule has 6 nitrogen and oxygen atoms in total. The topological polar surface area (TPSA) is 97.4 Å². The van der Waals surface area contributed by atoms with Gasteiger partial charge in [-0.2, -0.15) is 0 Å². The molecular formula is C16H19Cl2N3O3. The van der Waals surface area contributed by atoms with E-state index in [9.17, 15) is 9.59 Å². The Hall–Kier alpha value is -2.02. The zero-order valence-electron chi connectivity index (χ0n) is 13.0. The minimum atomic E-state index is -0.398. The fourth-order valence-electron chi connectivity index (χ4n) is 1.87. The quantitative estimate of drug-likeness (QED) is 0.721. The third-order valence-corrected chi connectivity index (χ3v) is 3.39. The van der Waals surface area contributed by atoms with Gasteiger partial charge < -0.3 is 20.8 Å². The molecule has 0 saturated carbocycles. The van der Waals surface area contributed by atoms with Crippen LogP contribution in [0, 0.1) is 0 Å². The lowest BCUT2D eigenvalue weighted by Gasteiger charge is -2.10. The summed E-state index contributed by atoms with van der Waals surface area (Å²) in [6.07, 6.45) is 2.36. The molecule has 2 amide bonds. The molecule has 0 aliphatic heterocycles. The molecule has 2 aromatic rings. The first kappa shape index (κ1) is 20.0. The summed E-state index contributed by atoms with van der Waals surface area (Å²) < 4.78 is 5.01. The Labute approximate surface area is 151 Å². The molecule has 4 N–H and O–H groups in total. The van der Waals surface area contributed by atoms with Crippen molar-refractivity contribution in [3.8, 4) is 0 Å². The van der Waals surface area contributed by atoms with Gasteiger partial charge in [-0.25, -0.2) is 0 Å². The van der Waals surface area contributed by atoms with E-state index in [-0.39, 0.29) is 30.1 Å². The molecule has 0 spiro atoms. The second kappa shape index (κ2) is 9.32. The lowest BCUT2D eigenvalue weighted by molar-refractivity contribution is -0.116. The maximum atomic E-state index is 11.9. The number of nitrogens with one attached hydrogen (secondary N) is 2. The van der Waals surface area contributed by atoms with Gasteiger partial charge in [0.2, 0.25) is 5.91 Å². The van der Waals surface area contributed by atoms with Crippen molar-refractivity contribution in [3.05, 3.63) is 47.4 Å². The molecule has 0 saturated heterocycles. The standard InChI is InChI=1S/C16H18ClN3O3.ClH/c1-10(18)4-7-15(21)19-11-5-6-13(12(17)9-11)20-16(22)14-3-2-8-23-14;/h2-3,5-6,8-10H,4,7,18H2,1H3,(H,19,21)(H,20,22);1H. The first-order chi connectivity index (χ1) is 11.0. The molecule has 1 aromatic carbocycles. The Morgan fingerprint density at radius 1 is 1.29 bits per heavy atom. The van der Waals surface area contributed by atoms with E-state index in [1.54, 1.807) is 30.3 Å². The molecule has 1 atom stereocenters. The highest BCUT2D eigenvalue weighted by Crippen LogP contribution is 2.26. The van der Waals surface area contributed by atoms with E-state index >= 15 is 0 Å². The van der Waals surface area contributed by atoms with Crippen LogP contribution in [0.25, 0.3) is 0 Å². The third-order valence-electron chi connectivity index (χ3n) is 3.07. The van der Waals surface area contributed by atoms with E-state index < -0.39 is 5.91 Å². The van der Waals surface area contributed by atoms with Gasteiger partial charge in [0, 0.05) is 18.2 Å². The Morgan fingerprint density at radius 2 is 2.04 bits per heavy atom. The number of hydrogen-bond acceptors (Lipinski definition) is 4. The molecule has 0 fully saturated rings. The maximum Gasteiger partial charge on any atom is 0.291 e. The summed E-state index contributed by atoms with van der Waals surface area (Å²) in [5.41, 5.74) is 6.60. The molecule has 24 heavy (non-hydrogen) atoms. The fraction of sp³-hybridized carbons (Fsp3) is 0.250. The first-order valence-electron chi connectivity index (χ1n) is 7.15. The van der Waals surface area contributed by atoms with Crippen molar-refractivity contribution in [2.75, 3.05) is 10.6 Å². The van der Waals surface area contributed by atoms with Crippen LogP contribution >= 0.6 is 24.0 Å². The summed E-state index contributed by atoms with van der Waals surface area (Å²) in [4.78, 5) is 23.6. The van der Waals surface area contributed by atoms with E-state index in [1.165, 1.54) is 6.26 Å². The Bertz CT molecular complexity index is 688. The van der Waals surface area contributed by atoms with Gasteiger partial charge in [-0.1, -0.05) is 11.6 Å². The van der Waals surface area contributed by atoms with Gasteiger partial charge in [0.15, 0.2) is 5.76 Å². The minimum absolute atomic E-state index is 0. The zero-order valence-corrected chi connectivity index (χ0v) is 14.6. The molecular weight excluding hydrogens is 353 g/mol. The van der Waals surface area contributed by atoms with E-state index in [0.717, 1.165) is 0 Å². The number of furan rings is 1. The van der Waals surface area contributed by atoms with Crippen LogP contribution in [-0.4, -0.2) is 17.9 Å². The molecule has 2 rings (SSSR count). The number of hydrogen-bond donors (Lipinski definition) is 3. The number of carbonyl (C=O) groups is 2. The predicted molar refractivity (Wildman–Crippen MR) is 96.9 cm³/mol. The van der Waals surface area contributed by atoms with Crippen LogP contribution < -0.4 is 16.4 Å². The van der Waals surface area contributed by atoms with Crippen molar-refractivity contribution >= 4 is 47.2 Å². The molecule has 130 valence electrons. The second-order valence-corrected chi connectivity index (χ2v) is 5.60. The van der Waals surface area contributed by atoms with Crippen molar-refractivity contribution < 1.29 is 14.0 Å². The average Bonchev–Trinajstić information content (AvgIpc) is 3.02. The Balaban J connectivity index is 0.00000288. The molecule has 0 aliphatic carbocycles. The summed E-state index contributed by atoms with van der Waals surface area (Å²) in [5.74, 6) is -0.342. The first-order valence-corrected chi connectivity index (χ1v) is 7.53.